The minimum atomic E-state index is -0.434. The molecule has 1 amide bonds. The summed E-state index contributed by atoms with van der Waals surface area (Å²) in [6.07, 6.45) is 3.52. The summed E-state index contributed by atoms with van der Waals surface area (Å²) in [6.45, 7) is 1.91. The van der Waals surface area contributed by atoms with Gasteiger partial charge in [-0.2, -0.15) is 9.63 Å². The highest BCUT2D eigenvalue weighted by atomic mass is 35.5. The molecule has 0 bridgehead atoms. The Bertz CT molecular complexity index is 587. The van der Waals surface area contributed by atoms with Crippen molar-refractivity contribution in [3.63, 3.8) is 0 Å². The van der Waals surface area contributed by atoms with E-state index in [1.807, 2.05) is 25.1 Å². The van der Waals surface area contributed by atoms with Crippen LogP contribution >= 0.6 is 11.6 Å². The molecule has 0 aliphatic rings. The molecule has 0 atom stereocenters. The molecule has 1 heterocycles. The molecule has 0 fully saturated rings. The van der Waals surface area contributed by atoms with Crippen molar-refractivity contribution in [1.29, 1.82) is 0 Å². The standard InChI is InChI=1S/C14H14ClN2O2/c1-11-5-6-12(9-13(11)15)17(19)14(18)10-16-7-3-2-4-8-16/h2-9,19H,10H2,1H3/q+1. The summed E-state index contributed by atoms with van der Waals surface area (Å²) in [6, 6.07) is 10.5. The monoisotopic (exact) mass is 277 g/mol. The molecule has 2 rings (SSSR count). The second-order valence-electron chi connectivity index (χ2n) is 4.19. The Labute approximate surface area is 116 Å². The third-order valence-electron chi connectivity index (χ3n) is 2.73. The van der Waals surface area contributed by atoms with Gasteiger partial charge in [0.1, 0.15) is 0 Å². The molecule has 0 unspecified atom stereocenters. The second kappa shape index (κ2) is 5.82. The average Bonchev–Trinajstić information content (AvgIpc) is 2.42. The molecule has 1 aromatic carbocycles. The van der Waals surface area contributed by atoms with Gasteiger partial charge < -0.3 is 0 Å². The lowest BCUT2D eigenvalue weighted by Crippen LogP contribution is -2.43. The zero-order valence-corrected chi connectivity index (χ0v) is 11.2. The number of rotatable bonds is 3. The number of carbonyl (C=O) groups excluding carboxylic acids is 1. The molecular weight excluding hydrogens is 264 g/mol. The van der Waals surface area contributed by atoms with Crippen LogP contribution in [0.1, 0.15) is 5.56 Å². The van der Waals surface area contributed by atoms with Crippen molar-refractivity contribution in [3.8, 4) is 0 Å². The zero-order chi connectivity index (χ0) is 13.8. The fraction of sp³-hybridized carbons (Fsp3) is 0.143. The van der Waals surface area contributed by atoms with Crippen LogP contribution in [0.4, 0.5) is 5.69 Å². The maximum atomic E-state index is 11.9. The lowest BCUT2D eigenvalue weighted by molar-refractivity contribution is -0.684. The Hall–Kier alpha value is -1.91. The molecule has 0 aliphatic heterocycles. The number of pyridine rings is 1. The van der Waals surface area contributed by atoms with Gasteiger partial charge >= 0.3 is 5.91 Å². The number of hydrogen-bond donors (Lipinski definition) is 1. The highest BCUT2D eigenvalue weighted by molar-refractivity contribution is 6.31. The van der Waals surface area contributed by atoms with Gasteiger partial charge in [0.2, 0.25) is 6.54 Å². The molecule has 98 valence electrons. The van der Waals surface area contributed by atoms with Crippen LogP contribution in [0, 0.1) is 6.92 Å². The largest absolute Gasteiger partial charge is 0.316 e. The normalized spacial score (nSPS) is 10.3. The van der Waals surface area contributed by atoms with E-state index in [2.05, 4.69) is 0 Å². The fourth-order valence-corrected chi connectivity index (χ4v) is 1.80. The second-order valence-corrected chi connectivity index (χ2v) is 4.59. The minimum absolute atomic E-state index is 0.0584. The van der Waals surface area contributed by atoms with Crippen LogP contribution in [0.25, 0.3) is 0 Å². The molecule has 0 spiro atoms. The van der Waals surface area contributed by atoms with Crippen molar-refractivity contribution in [1.82, 2.24) is 0 Å². The van der Waals surface area contributed by atoms with E-state index in [4.69, 9.17) is 11.6 Å². The van der Waals surface area contributed by atoms with Gasteiger partial charge in [-0.15, -0.1) is 0 Å². The first-order chi connectivity index (χ1) is 9.08. The first-order valence-corrected chi connectivity index (χ1v) is 6.18. The average molecular weight is 278 g/mol. The van der Waals surface area contributed by atoms with E-state index >= 15 is 0 Å². The molecule has 19 heavy (non-hydrogen) atoms. The van der Waals surface area contributed by atoms with E-state index in [0.29, 0.717) is 15.8 Å². The van der Waals surface area contributed by atoms with Crippen LogP contribution in [0.15, 0.2) is 48.8 Å². The van der Waals surface area contributed by atoms with Crippen molar-refractivity contribution in [3.05, 3.63) is 59.4 Å². The predicted octanol–water partition coefficient (Wildman–Crippen LogP) is 2.36. The Balaban J connectivity index is 2.12. The third-order valence-corrected chi connectivity index (χ3v) is 3.14. The van der Waals surface area contributed by atoms with Crippen molar-refractivity contribution in [2.75, 3.05) is 5.06 Å². The summed E-state index contributed by atoms with van der Waals surface area (Å²) < 4.78 is 1.68. The van der Waals surface area contributed by atoms with Gasteiger partial charge in [-0.1, -0.05) is 23.7 Å². The van der Waals surface area contributed by atoms with E-state index in [1.54, 1.807) is 35.2 Å². The Morgan fingerprint density at radius 2 is 2.00 bits per heavy atom. The minimum Gasteiger partial charge on any atom is -0.281 e. The van der Waals surface area contributed by atoms with E-state index in [9.17, 15) is 10.0 Å². The van der Waals surface area contributed by atoms with Gasteiger partial charge in [0, 0.05) is 17.2 Å². The van der Waals surface area contributed by atoms with Gasteiger partial charge in [0.15, 0.2) is 12.4 Å². The molecule has 0 saturated heterocycles. The van der Waals surface area contributed by atoms with Gasteiger partial charge in [0.25, 0.3) is 0 Å². The smallest absolute Gasteiger partial charge is 0.281 e. The molecule has 1 aromatic heterocycles. The molecule has 0 aliphatic carbocycles. The third kappa shape index (κ3) is 3.30. The molecular formula is C14H14ClN2O2+. The van der Waals surface area contributed by atoms with E-state index in [0.717, 1.165) is 5.56 Å². The number of amides is 1. The highest BCUT2D eigenvalue weighted by Crippen LogP contribution is 2.22. The van der Waals surface area contributed by atoms with E-state index < -0.39 is 5.91 Å². The topological polar surface area (TPSA) is 44.4 Å². The van der Waals surface area contributed by atoms with Crippen LogP contribution in [0.3, 0.4) is 0 Å². The number of halogens is 1. The number of hydrogen-bond acceptors (Lipinski definition) is 2. The number of benzene rings is 1. The van der Waals surface area contributed by atoms with Crippen molar-refractivity contribution in [2.45, 2.75) is 13.5 Å². The lowest BCUT2D eigenvalue weighted by Gasteiger charge is -2.14. The number of aromatic nitrogens is 1. The van der Waals surface area contributed by atoms with Crippen LogP contribution in [-0.2, 0) is 11.3 Å². The molecule has 4 nitrogen and oxygen atoms in total. The number of aryl methyl sites for hydroxylation is 1. The predicted molar refractivity (Wildman–Crippen MR) is 72.1 cm³/mol. The fourth-order valence-electron chi connectivity index (χ4n) is 1.62. The van der Waals surface area contributed by atoms with Gasteiger partial charge in [-0.3, -0.25) is 10.0 Å². The van der Waals surface area contributed by atoms with Crippen LogP contribution < -0.4 is 9.63 Å². The summed E-state index contributed by atoms with van der Waals surface area (Å²) in [4.78, 5) is 11.9. The maximum absolute atomic E-state index is 11.9. The lowest BCUT2D eigenvalue weighted by atomic mass is 10.2. The Morgan fingerprint density at radius 1 is 1.32 bits per heavy atom. The quantitative estimate of drug-likeness (QED) is 0.532. The van der Waals surface area contributed by atoms with Crippen LogP contribution in [0.2, 0.25) is 5.02 Å². The Morgan fingerprint density at radius 3 is 2.63 bits per heavy atom. The molecule has 0 saturated carbocycles. The van der Waals surface area contributed by atoms with Crippen molar-refractivity contribution in [2.24, 2.45) is 0 Å². The summed E-state index contributed by atoms with van der Waals surface area (Å²) in [7, 11) is 0. The van der Waals surface area contributed by atoms with Gasteiger partial charge in [-0.05, 0) is 24.6 Å². The first kappa shape index (κ1) is 13.5. The number of nitrogens with zero attached hydrogens (tertiary/aromatic N) is 2. The molecule has 1 N–H and O–H groups in total. The number of anilines is 1. The first-order valence-electron chi connectivity index (χ1n) is 5.80. The number of carbonyl (C=O) groups is 1. The summed E-state index contributed by atoms with van der Waals surface area (Å²) >= 11 is 5.97. The Kier molecular flexibility index (Phi) is 4.14. The maximum Gasteiger partial charge on any atom is 0.316 e. The van der Waals surface area contributed by atoms with Crippen molar-refractivity contribution >= 4 is 23.2 Å². The summed E-state index contributed by atoms with van der Waals surface area (Å²) in [5.74, 6) is -0.434. The van der Waals surface area contributed by atoms with Gasteiger partial charge in [0.05, 0.1) is 5.69 Å². The SMILES string of the molecule is Cc1ccc(N(O)C(=O)C[n+]2ccccc2)cc1Cl. The summed E-state index contributed by atoms with van der Waals surface area (Å²) in [5, 5.41) is 11.0. The van der Waals surface area contributed by atoms with Crippen LogP contribution in [0.5, 0.6) is 0 Å². The van der Waals surface area contributed by atoms with E-state index in [-0.39, 0.29) is 6.54 Å². The molecule has 2 aromatic rings. The van der Waals surface area contributed by atoms with Gasteiger partial charge in [-0.25, -0.2) is 0 Å². The van der Waals surface area contributed by atoms with E-state index in [1.165, 1.54) is 0 Å². The molecule has 5 heteroatoms. The number of hydroxylamine groups is 1. The van der Waals surface area contributed by atoms with Crippen LogP contribution in [-0.4, -0.2) is 11.1 Å². The highest BCUT2D eigenvalue weighted by Gasteiger charge is 2.18. The molecule has 0 radical (unpaired) electrons. The van der Waals surface area contributed by atoms with Crippen molar-refractivity contribution < 1.29 is 14.6 Å². The zero-order valence-electron chi connectivity index (χ0n) is 10.5. The summed E-state index contributed by atoms with van der Waals surface area (Å²) in [5.41, 5.74) is 1.25.